The van der Waals surface area contributed by atoms with Gasteiger partial charge in [0.05, 0.1) is 0 Å². The molecule has 100 valence electrons. The van der Waals surface area contributed by atoms with Gasteiger partial charge in [0, 0.05) is 44.9 Å². The quantitative estimate of drug-likeness (QED) is 0.812. The first-order chi connectivity index (χ1) is 8.31. The molecular weight excluding hydrogens is 212 g/mol. The molecule has 0 amide bonds. The third-order valence-electron chi connectivity index (χ3n) is 4.45. The molecule has 2 aliphatic heterocycles. The third kappa shape index (κ3) is 3.67. The van der Waals surface area contributed by atoms with E-state index in [1.165, 1.54) is 38.8 Å². The van der Waals surface area contributed by atoms with Gasteiger partial charge in [-0.2, -0.15) is 0 Å². The fraction of sp³-hybridized carbons (Fsp3) is 1.00. The van der Waals surface area contributed by atoms with Crippen LogP contribution in [0.4, 0.5) is 0 Å². The molecule has 0 spiro atoms. The average molecular weight is 240 g/mol. The van der Waals surface area contributed by atoms with Gasteiger partial charge in [-0.1, -0.05) is 13.3 Å². The first-order valence-corrected chi connectivity index (χ1v) is 7.36. The van der Waals surface area contributed by atoms with Gasteiger partial charge in [0.2, 0.25) is 0 Å². The molecule has 2 atom stereocenters. The molecular formula is C14H28N2O. The van der Waals surface area contributed by atoms with Gasteiger partial charge in [-0.25, -0.2) is 0 Å². The Hall–Kier alpha value is -0.120. The van der Waals surface area contributed by atoms with Gasteiger partial charge in [-0.05, 0) is 32.1 Å². The number of nitrogens with zero attached hydrogens (tertiary/aromatic N) is 1. The molecule has 2 heterocycles. The van der Waals surface area contributed by atoms with Gasteiger partial charge >= 0.3 is 0 Å². The molecule has 2 saturated heterocycles. The Morgan fingerprint density at radius 3 is 2.82 bits per heavy atom. The van der Waals surface area contributed by atoms with Gasteiger partial charge in [0.25, 0.3) is 0 Å². The molecule has 17 heavy (non-hydrogen) atoms. The predicted molar refractivity (Wildman–Crippen MR) is 71.3 cm³/mol. The summed E-state index contributed by atoms with van der Waals surface area (Å²) in [4.78, 5) is 2.70. The van der Waals surface area contributed by atoms with Crippen molar-refractivity contribution in [2.45, 2.75) is 51.6 Å². The Morgan fingerprint density at radius 1 is 1.35 bits per heavy atom. The largest absolute Gasteiger partial charge is 0.381 e. The molecule has 0 aromatic heterocycles. The van der Waals surface area contributed by atoms with Crippen molar-refractivity contribution < 1.29 is 4.74 Å². The molecule has 2 aliphatic rings. The zero-order chi connectivity index (χ0) is 12.1. The minimum atomic E-state index is 0.719. The van der Waals surface area contributed by atoms with Crippen LogP contribution in [0.15, 0.2) is 0 Å². The molecule has 2 fully saturated rings. The van der Waals surface area contributed by atoms with Crippen molar-refractivity contribution >= 4 is 0 Å². The third-order valence-corrected chi connectivity index (χ3v) is 4.45. The molecule has 3 nitrogen and oxygen atoms in total. The van der Waals surface area contributed by atoms with Crippen LogP contribution in [0.1, 0.15) is 39.5 Å². The van der Waals surface area contributed by atoms with Crippen molar-refractivity contribution in [3.8, 4) is 0 Å². The second kappa shape index (κ2) is 6.72. The fourth-order valence-corrected chi connectivity index (χ4v) is 3.26. The molecule has 2 rings (SSSR count). The van der Waals surface area contributed by atoms with E-state index in [0.29, 0.717) is 0 Å². The van der Waals surface area contributed by atoms with Crippen molar-refractivity contribution in [1.82, 2.24) is 10.2 Å². The van der Waals surface area contributed by atoms with Gasteiger partial charge in [0.15, 0.2) is 0 Å². The van der Waals surface area contributed by atoms with Crippen molar-refractivity contribution in [1.29, 1.82) is 0 Å². The van der Waals surface area contributed by atoms with Crippen LogP contribution in [0.25, 0.3) is 0 Å². The van der Waals surface area contributed by atoms with Crippen molar-refractivity contribution in [3.05, 3.63) is 0 Å². The van der Waals surface area contributed by atoms with Crippen molar-refractivity contribution in [2.24, 2.45) is 5.92 Å². The van der Waals surface area contributed by atoms with Gasteiger partial charge < -0.3 is 10.1 Å². The van der Waals surface area contributed by atoms with Crippen molar-refractivity contribution in [2.75, 3.05) is 32.8 Å². The van der Waals surface area contributed by atoms with E-state index in [2.05, 4.69) is 24.1 Å². The van der Waals surface area contributed by atoms with E-state index in [0.717, 1.165) is 37.8 Å². The number of ether oxygens (including phenoxy) is 1. The minimum Gasteiger partial charge on any atom is -0.381 e. The molecule has 3 heteroatoms. The minimum absolute atomic E-state index is 0.719. The Morgan fingerprint density at radius 2 is 2.12 bits per heavy atom. The first kappa shape index (κ1) is 13.3. The average Bonchev–Trinajstić information content (AvgIpc) is 2.40. The molecule has 0 bridgehead atoms. The van der Waals surface area contributed by atoms with E-state index in [1.807, 2.05) is 0 Å². The van der Waals surface area contributed by atoms with Gasteiger partial charge in [-0.3, -0.25) is 4.90 Å². The normalized spacial score (nSPS) is 30.4. The van der Waals surface area contributed by atoms with E-state index in [4.69, 9.17) is 4.74 Å². The van der Waals surface area contributed by atoms with E-state index in [9.17, 15) is 0 Å². The van der Waals surface area contributed by atoms with Crippen LogP contribution in [0.2, 0.25) is 0 Å². The summed E-state index contributed by atoms with van der Waals surface area (Å²) in [5, 5.41) is 3.64. The topological polar surface area (TPSA) is 24.5 Å². The Labute approximate surface area is 106 Å². The number of hydrogen-bond acceptors (Lipinski definition) is 3. The van der Waals surface area contributed by atoms with E-state index < -0.39 is 0 Å². The maximum Gasteiger partial charge on any atom is 0.0469 e. The Kier molecular flexibility index (Phi) is 5.26. The number of hydrogen-bond donors (Lipinski definition) is 1. The summed E-state index contributed by atoms with van der Waals surface area (Å²) in [5.74, 6) is 0.851. The molecule has 0 aromatic carbocycles. The summed E-state index contributed by atoms with van der Waals surface area (Å²) in [6.07, 6.45) is 5.11. The van der Waals surface area contributed by atoms with Crippen molar-refractivity contribution in [3.63, 3.8) is 0 Å². The Bertz CT molecular complexity index is 214. The van der Waals surface area contributed by atoms with E-state index in [1.54, 1.807) is 0 Å². The summed E-state index contributed by atoms with van der Waals surface area (Å²) >= 11 is 0. The summed E-state index contributed by atoms with van der Waals surface area (Å²) in [6.45, 7) is 10.3. The van der Waals surface area contributed by atoms with Crippen LogP contribution in [0.5, 0.6) is 0 Å². The number of rotatable bonds is 4. The highest BCUT2D eigenvalue weighted by atomic mass is 16.5. The van der Waals surface area contributed by atoms with Crippen LogP contribution >= 0.6 is 0 Å². The smallest absolute Gasteiger partial charge is 0.0469 e. The monoisotopic (exact) mass is 240 g/mol. The molecule has 0 radical (unpaired) electrons. The summed E-state index contributed by atoms with van der Waals surface area (Å²) in [5.41, 5.74) is 0. The van der Waals surface area contributed by atoms with Crippen LogP contribution in [0.3, 0.4) is 0 Å². The zero-order valence-electron chi connectivity index (χ0n) is 11.5. The number of nitrogens with one attached hydrogen (secondary N) is 1. The lowest BCUT2D eigenvalue weighted by Gasteiger charge is -2.41. The van der Waals surface area contributed by atoms with Crippen LogP contribution in [0, 0.1) is 5.92 Å². The maximum absolute atomic E-state index is 5.47. The van der Waals surface area contributed by atoms with Gasteiger partial charge in [-0.15, -0.1) is 0 Å². The Balaban J connectivity index is 1.82. The molecule has 0 saturated carbocycles. The predicted octanol–water partition coefficient (Wildman–Crippen LogP) is 1.88. The summed E-state index contributed by atoms with van der Waals surface area (Å²) < 4.78 is 5.47. The second-order valence-electron chi connectivity index (χ2n) is 5.63. The van der Waals surface area contributed by atoms with Crippen LogP contribution in [-0.2, 0) is 4.74 Å². The highest BCUT2D eigenvalue weighted by Crippen LogP contribution is 2.23. The fourth-order valence-electron chi connectivity index (χ4n) is 3.26. The molecule has 1 N–H and O–H groups in total. The standard InChI is InChI=1S/C14H28N2O/c1-3-4-14-11-16(8-7-15-14)12(2)13-5-9-17-10-6-13/h12-15H,3-11H2,1-2H3. The van der Waals surface area contributed by atoms with E-state index in [-0.39, 0.29) is 0 Å². The highest BCUT2D eigenvalue weighted by Gasteiger charge is 2.28. The maximum atomic E-state index is 5.47. The molecule has 0 aliphatic carbocycles. The summed E-state index contributed by atoms with van der Waals surface area (Å²) in [7, 11) is 0. The SMILES string of the molecule is CCCC1CN(C(C)C2CCOCC2)CCN1. The lowest BCUT2D eigenvalue weighted by molar-refractivity contribution is 0.0222. The van der Waals surface area contributed by atoms with E-state index >= 15 is 0 Å². The zero-order valence-corrected chi connectivity index (χ0v) is 11.5. The lowest BCUT2D eigenvalue weighted by atomic mass is 9.91. The van der Waals surface area contributed by atoms with Crippen LogP contribution in [-0.4, -0.2) is 49.8 Å². The van der Waals surface area contributed by atoms with Gasteiger partial charge in [0.1, 0.15) is 0 Å². The summed E-state index contributed by atoms with van der Waals surface area (Å²) in [6, 6.07) is 1.45. The molecule has 2 unspecified atom stereocenters. The highest BCUT2D eigenvalue weighted by molar-refractivity contribution is 4.85. The number of piperazine rings is 1. The lowest BCUT2D eigenvalue weighted by Crippen LogP contribution is -2.55. The second-order valence-corrected chi connectivity index (χ2v) is 5.63. The first-order valence-electron chi connectivity index (χ1n) is 7.36. The van der Waals surface area contributed by atoms with Crippen LogP contribution < -0.4 is 5.32 Å². The molecule has 0 aromatic rings.